The standard InChI is InChI=1S/C7H14O4/c1-4-7(9)5(8)3-6(10-2)11-4/h4-9H,3H2,1-2H3/t4-,5+,6+,7+/m1/s1. The normalized spacial score (nSPS) is 45.8. The fourth-order valence-electron chi connectivity index (χ4n) is 1.18. The van der Waals surface area contributed by atoms with Crippen molar-refractivity contribution in [3.63, 3.8) is 0 Å². The van der Waals surface area contributed by atoms with Crippen molar-refractivity contribution in [2.45, 2.75) is 37.9 Å². The van der Waals surface area contributed by atoms with Crippen molar-refractivity contribution in [3.8, 4) is 0 Å². The molecule has 0 saturated carbocycles. The average molecular weight is 162 g/mol. The van der Waals surface area contributed by atoms with E-state index in [4.69, 9.17) is 9.47 Å². The maximum absolute atomic E-state index is 9.24. The zero-order valence-electron chi connectivity index (χ0n) is 6.73. The molecule has 1 aliphatic heterocycles. The molecule has 66 valence electrons. The van der Waals surface area contributed by atoms with Gasteiger partial charge in [0.25, 0.3) is 0 Å². The minimum atomic E-state index is -0.790. The van der Waals surface area contributed by atoms with Gasteiger partial charge in [0.15, 0.2) is 6.29 Å². The van der Waals surface area contributed by atoms with Gasteiger partial charge in [0, 0.05) is 13.5 Å². The Hall–Kier alpha value is -0.160. The quantitative estimate of drug-likeness (QED) is 0.545. The summed E-state index contributed by atoms with van der Waals surface area (Å²) in [6.45, 7) is 1.71. The van der Waals surface area contributed by atoms with E-state index >= 15 is 0 Å². The monoisotopic (exact) mass is 162 g/mol. The molecule has 4 nitrogen and oxygen atoms in total. The van der Waals surface area contributed by atoms with Crippen LogP contribution >= 0.6 is 0 Å². The third kappa shape index (κ3) is 1.90. The Morgan fingerprint density at radius 3 is 2.55 bits per heavy atom. The largest absolute Gasteiger partial charge is 0.390 e. The van der Waals surface area contributed by atoms with Gasteiger partial charge in [-0.25, -0.2) is 0 Å². The molecule has 2 N–H and O–H groups in total. The summed E-state index contributed by atoms with van der Waals surface area (Å²) in [7, 11) is 1.52. The summed E-state index contributed by atoms with van der Waals surface area (Å²) in [5, 5.41) is 18.5. The van der Waals surface area contributed by atoms with Crippen molar-refractivity contribution in [2.75, 3.05) is 7.11 Å². The van der Waals surface area contributed by atoms with Crippen LogP contribution in [0.1, 0.15) is 13.3 Å². The third-order valence-corrected chi connectivity index (χ3v) is 1.94. The van der Waals surface area contributed by atoms with E-state index in [1.54, 1.807) is 6.92 Å². The van der Waals surface area contributed by atoms with Gasteiger partial charge >= 0.3 is 0 Å². The van der Waals surface area contributed by atoms with Gasteiger partial charge < -0.3 is 19.7 Å². The summed E-state index contributed by atoms with van der Waals surface area (Å²) >= 11 is 0. The second kappa shape index (κ2) is 3.49. The first-order chi connectivity index (χ1) is 5.15. The fourth-order valence-corrected chi connectivity index (χ4v) is 1.18. The van der Waals surface area contributed by atoms with Crippen LogP contribution in [0, 0.1) is 0 Å². The zero-order valence-corrected chi connectivity index (χ0v) is 6.73. The molecule has 0 unspecified atom stereocenters. The van der Waals surface area contributed by atoms with E-state index in [-0.39, 0.29) is 12.4 Å². The lowest BCUT2D eigenvalue weighted by atomic mass is 10.0. The van der Waals surface area contributed by atoms with E-state index in [0.29, 0.717) is 6.42 Å². The number of hydrogen-bond donors (Lipinski definition) is 2. The van der Waals surface area contributed by atoms with E-state index in [2.05, 4.69) is 0 Å². The summed E-state index contributed by atoms with van der Waals surface area (Å²) in [4.78, 5) is 0. The number of aliphatic hydroxyl groups excluding tert-OH is 2. The molecule has 1 aliphatic rings. The summed E-state index contributed by atoms with van der Waals surface area (Å²) in [6.07, 6.45) is -1.93. The number of hydrogen-bond acceptors (Lipinski definition) is 4. The van der Waals surface area contributed by atoms with Crippen molar-refractivity contribution in [1.82, 2.24) is 0 Å². The minimum absolute atomic E-state index is 0.335. The Bertz CT molecular complexity index is 116. The van der Waals surface area contributed by atoms with Gasteiger partial charge in [0.05, 0.1) is 12.2 Å². The summed E-state index contributed by atoms with van der Waals surface area (Å²) in [5.74, 6) is 0. The smallest absolute Gasteiger partial charge is 0.160 e. The maximum Gasteiger partial charge on any atom is 0.160 e. The van der Waals surface area contributed by atoms with Gasteiger partial charge in [0.2, 0.25) is 0 Å². The molecule has 0 radical (unpaired) electrons. The Balaban J connectivity index is 2.47. The van der Waals surface area contributed by atoms with Crippen LogP contribution in [-0.4, -0.2) is 41.9 Å². The molecule has 1 rings (SSSR count). The van der Waals surface area contributed by atoms with Gasteiger partial charge in [-0.3, -0.25) is 0 Å². The molecule has 4 atom stereocenters. The summed E-state index contributed by atoms with van der Waals surface area (Å²) < 4.78 is 10.1. The molecule has 1 fully saturated rings. The second-order valence-electron chi connectivity index (χ2n) is 2.80. The SMILES string of the molecule is CO[C@@H]1C[C@H](O)[C@@H](O)[C@@H](C)O1. The van der Waals surface area contributed by atoms with Crippen LogP contribution in [0.3, 0.4) is 0 Å². The first kappa shape index (κ1) is 8.93. The first-order valence-electron chi connectivity index (χ1n) is 3.69. The first-order valence-corrected chi connectivity index (χ1v) is 3.69. The molecule has 0 bridgehead atoms. The Morgan fingerprint density at radius 2 is 2.09 bits per heavy atom. The average Bonchev–Trinajstić information content (AvgIpc) is 1.99. The molecule has 0 aromatic heterocycles. The zero-order chi connectivity index (χ0) is 8.43. The second-order valence-corrected chi connectivity index (χ2v) is 2.80. The molecule has 0 aromatic rings. The van der Waals surface area contributed by atoms with Crippen LogP contribution in [0.4, 0.5) is 0 Å². The molecule has 0 aromatic carbocycles. The summed E-state index contributed by atoms with van der Waals surface area (Å²) in [5.41, 5.74) is 0. The molecule has 1 saturated heterocycles. The summed E-state index contributed by atoms with van der Waals surface area (Å²) in [6, 6.07) is 0. The van der Waals surface area contributed by atoms with Gasteiger partial charge in [-0.1, -0.05) is 0 Å². The van der Waals surface area contributed by atoms with Gasteiger partial charge in [-0.2, -0.15) is 0 Å². The van der Waals surface area contributed by atoms with E-state index in [0.717, 1.165) is 0 Å². The Labute approximate surface area is 65.7 Å². The van der Waals surface area contributed by atoms with Gasteiger partial charge in [-0.15, -0.1) is 0 Å². The van der Waals surface area contributed by atoms with Crippen LogP contribution in [0.15, 0.2) is 0 Å². The van der Waals surface area contributed by atoms with Gasteiger partial charge in [-0.05, 0) is 6.92 Å². The number of methoxy groups -OCH3 is 1. The van der Waals surface area contributed by atoms with E-state index in [1.807, 2.05) is 0 Å². The van der Waals surface area contributed by atoms with E-state index in [1.165, 1.54) is 7.11 Å². The Morgan fingerprint density at radius 1 is 1.45 bits per heavy atom. The van der Waals surface area contributed by atoms with Gasteiger partial charge in [0.1, 0.15) is 6.10 Å². The lowest BCUT2D eigenvalue weighted by Gasteiger charge is -2.34. The highest BCUT2D eigenvalue weighted by atomic mass is 16.7. The van der Waals surface area contributed by atoms with Crippen molar-refractivity contribution in [3.05, 3.63) is 0 Å². The van der Waals surface area contributed by atoms with Crippen LogP contribution in [0.5, 0.6) is 0 Å². The molecular formula is C7H14O4. The topological polar surface area (TPSA) is 58.9 Å². The lowest BCUT2D eigenvalue weighted by Crippen LogP contribution is -2.47. The van der Waals surface area contributed by atoms with E-state index < -0.39 is 12.2 Å². The molecule has 0 aliphatic carbocycles. The highest BCUT2D eigenvalue weighted by Crippen LogP contribution is 2.19. The molecule has 0 spiro atoms. The van der Waals surface area contributed by atoms with Crippen molar-refractivity contribution in [1.29, 1.82) is 0 Å². The number of ether oxygens (including phenoxy) is 2. The van der Waals surface area contributed by atoms with Crippen LogP contribution in [0.25, 0.3) is 0 Å². The van der Waals surface area contributed by atoms with Crippen molar-refractivity contribution < 1.29 is 19.7 Å². The van der Waals surface area contributed by atoms with Crippen molar-refractivity contribution >= 4 is 0 Å². The molecule has 4 heteroatoms. The molecule has 0 amide bonds. The fraction of sp³-hybridized carbons (Fsp3) is 1.00. The maximum atomic E-state index is 9.24. The van der Waals surface area contributed by atoms with Crippen LogP contribution in [-0.2, 0) is 9.47 Å². The lowest BCUT2D eigenvalue weighted by molar-refractivity contribution is -0.237. The molecule has 11 heavy (non-hydrogen) atoms. The third-order valence-electron chi connectivity index (χ3n) is 1.94. The minimum Gasteiger partial charge on any atom is -0.390 e. The predicted octanol–water partition coefficient (Wildman–Crippen LogP) is -0.510. The van der Waals surface area contributed by atoms with E-state index in [9.17, 15) is 10.2 Å². The number of rotatable bonds is 1. The van der Waals surface area contributed by atoms with Crippen LogP contribution in [0.2, 0.25) is 0 Å². The molecule has 1 heterocycles. The predicted molar refractivity (Wildman–Crippen MR) is 38.0 cm³/mol. The molecular weight excluding hydrogens is 148 g/mol. The highest BCUT2D eigenvalue weighted by Gasteiger charge is 2.33. The Kier molecular flexibility index (Phi) is 2.84. The highest BCUT2D eigenvalue weighted by molar-refractivity contribution is 4.79. The van der Waals surface area contributed by atoms with Crippen molar-refractivity contribution in [2.24, 2.45) is 0 Å². The number of aliphatic hydroxyl groups is 2. The van der Waals surface area contributed by atoms with Crippen LogP contribution < -0.4 is 0 Å².